The topological polar surface area (TPSA) is 101 Å². The average molecular weight is 653 g/mol. The van der Waals surface area contributed by atoms with Crippen molar-refractivity contribution in [1.29, 1.82) is 0 Å². The second-order valence-corrected chi connectivity index (χ2v) is 15.2. The molecule has 2 heterocycles. The SMILES string of the molecule is CC(C)c1cc(C(C)C)c(S(=O)(=O)OC[C@@H](O)[C@H]2O[C@@H]3OC(C)(C)O[C@@H]3[C@H]2OC(c2ccccc2)c2ccccc2)c(C(C)C)c1. The van der Waals surface area contributed by atoms with Crippen LogP contribution in [0.4, 0.5) is 0 Å². The lowest BCUT2D eigenvalue weighted by molar-refractivity contribution is -0.233. The van der Waals surface area contributed by atoms with E-state index in [4.69, 9.17) is 23.1 Å². The molecule has 9 heteroatoms. The molecule has 2 aliphatic heterocycles. The van der Waals surface area contributed by atoms with Crippen LogP contribution in [0.15, 0.2) is 77.7 Å². The summed E-state index contributed by atoms with van der Waals surface area (Å²) < 4.78 is 58.8. The molecular weight excluding hydrogens is 604 g/mol. The molecule has 0 amide bonds. The minimum absolute atomic E-state index is 0.0598. The summed E-state index contributed by atoms with van der Waals surface area (Å²) in [5.41, 5.74) is 4.31. The van der Waals surface area contributed by atoms with Crippen molar-refractivity contribution in [1.82, 2.24) is 0 Å². The summed E-state index contributed by atoms with van der Waals surface area (Å²) in [7, 11) is -4.26. The molecule has 0 bridgehead atoms. The summed E-state index contributed by atoms with van der Waals surface area (Å²) in [6, 6.07) is 23.5. The van der Waals surface area contributed by atoms with Crippen molar-refractivity contribution in [2.75, 3.05) is 6.61 Å². The Hall–Kier alpha value is -2.63. The quantitative estimate of drug-likeness (QED) is 0.206. The predicted octanol–water partition coefficient (Wildman–Crippen LogP) is 7.17. The third-order valence-corrected chi connectivity index (χ3v) is 10.0. The average Bonchev–Trinajstić information content (AvgIpc) is 3.50. The van der Waals surface area contributed by atoms with Crippen molar-refractivity contribution >= 4 is 10.1 Å². The molecule has 0 unspecified atom stereocenters. The van der Waals surface area contributed by atoms with Gasteiger partial charge in [-0.2, -0.15) is 8.42 Å². The zero-order valence-electron chi connectivity index (χ0n) is 28.0. The highest BCUT2D eigenvalue weighted by Crippen LogP contribution is 2.43. The van der Waals surface area contributed by atoms with Gasteiger partial charge >= 0.3 is 0 Å². The van der Waals surface area contributed by atoms with Gasteiger partial charge in [-0.3, -0.25) is 4.18 Å². The lowest BCUT2D eigenvalue weighted by Gasteiger charge is -2.31. The molecule has 0 aliphatic carbocycles. The highest BCUT2D eigenvalue weighted by Gasteiger charge is 2.58. The van der Waals surface area contributed by atoms with Crippen molar-refractivity contribution in [3.63, 3.8) is 0 Å². The van der Waals surface area contributed by atoms with E-state index >= 15 is 0 Å². The fraction of sp³-hybridized carbons (Fsp3) is 0.514. The number of hydrogen-bond donors (Lipinski definition) is 1. The van der Waals surface area contributed by atoms with E-state index in [0.29, 0.717) is 11.1 Å². The molecule has 0 spiro atoms. The molecule has 2 aliphatic rings. The summed E-state index contributed by atoms with van der Waals surface area (Å²) in [4.78, 5) is 0.174. The maximum absolute atomic E-state index is 13.9. The highest BCUT2D eigenvalue weighted by atomic mass is 32.2. The van der Waals surface area contributed by atoms with Gasteiger partial charge in [0, 0.05) is 0 Å². The van der Waals surface area contributed by atoms with Crippen LogP contribution in [0.2, 0.25) is 0 Å². The van der Waals surface area contributed by atoms with Crippen LogP contribution in [-0.4, -0.2) is 56.6 Å². The Labute approximate surface area is 274 Å². The summed E-state index contributed by atoms with van der Waals surface area (Å²) in [5.74, 6) is -0.814. The first-order valence-electron chi connectivity index (χ1n) is 16.2. The number of fused-ring (bicyclic) bond motifs is 1. The summed E-state index contributed by atoms with van der Waals surface area (Å²) in [6.07, 6.45) is -5.15. The van der Waals surface area contributed by atoms with E-state index in [1.54, 1.807) is 13.8 Å². The largest absolute Gasteiger partial charge is 0.388 e. The lowest BCUT2D eigenvalue weighted by atomic mass is 9.89. The van der Waals surface area contributed by atoms with Crippen LogP contribution in [-0.2, 0) is 33.2 Å². The van der Waals surface area contributed by atoms with Gasteiger partial charge in [0.2, 0.25) is 0 Å². The Kier molecular flexibility index (Phi) is 10.4. The van der Waals surface area contributed by atoms with Crippen LogP contribution < -0.4 is 0 Å². The second-order valence-electron chi connectivity index (χ2n) is 13.7. The molecule has 2 fully saturated rings. The maximum Gasteiger partial charge on any atom is 0.297 e. The second kappa shape index (κ2) is 13.8. The standard InChI is InChI=1S/C37H48O8S/c1-22(2)27-19-28(23(3)4)35(29(20-27)24(5)6)46(39,40)41-21-30(38)32-33(34-36(43-32)45-37(7,8)44-34)42-31(25-15-11-9-12-16-25)26-17-13-10-14-18-26/h9-20,22-24,30-34,36,38H,21H2,1-8H3/t30-,32-,33+,34-,36-/m1/s1. The van der Waals surface area contributed by atoms with Crippen LogP contribution in [0.3, 0.4) is 0 Å². The smallest absolute Gasteiger partial charge is 0.297 e. The van der Waals surface area contributed by atoms with Gasteiger partial charge in [0.1, 0.15) is 35.4 Å². The van der Waals surface area contributed by atoms with Crippen LogP contribution in [0.1, 0.15) is 107 Å². The molecule has 0 aromatic heterocycles. The first-order valence-corrected chi connectivity index (χ1v) is 17.6. The summed E-state index contributed by atoms with van der Waals surface area (Å²) >= 11 is 0. The number of hydrogen-bond acceptors (Lipinski definition) is 8. The normalized spacial score (nSPS) is 23.5. The molecule has 5 atom stereocenters. The Morgan fingerprint density at radius 2 is 1.30 bits per heavy atom. The molecule has 8 nitrogen and oxygen atoms in total. The molecule has 0 saturated carbocycles. The molecule has 250 valence electrons. The monoisotopic (exact) mass is 652 g/mol. The van der Waals surface area contributed by atoms with Gasteiger partial charge in [-0.25, -0.2) is 0 Å². The van der Waals surface area contributed by atoms with Crippen LogP contribution in [0.5, 0.6) is 0 Å². The Morgan fingerprint density at radius 1 is 0.783 bits per heavy atom. The van der Waals surface area contributed by atoms with E-state index in [1.807, 2.05) is 100 Å². The minimum atomic E-state index is -4.26. The Morgan fingerprint density at radius 3 is 1.78 bits per heavy atom. The zero-order chi connectivity index (χ0) is 33.4. The predicted molar refractivity (Wildman–Crippen MR) is 176 cm³/mol. The van der Waals surface area contributed by atoms with E-state index in [2.05, 4.69) is 13.8 Å². The Bertz CT molecular complexity index is 1500. The van der Waals surface area contributed by atoms with Crippen molar-refractivity contribution in [2.24, 2.45) is 0 Å². The van der Waals surface area contributed by atoms with Crippen molar-refractivity contribution in [3.8, 4) is 0 Å². The van der Waals surface area contributed by atoms with E-state index in [1.165, 1.54) is 0 Å². The number of ether oxygens (including phenoxy) is 4. The molecule has 3 aromatic rings. The minimum Gasteiger partial charge on any atom is -0.388 e. The van der Waals surface area contributed by atoms with Crippen LogP contribution in [0, 0.1) is 0 Å². The van der Waals surface area contributed by atoms with Crippen molar-refractivity contribution in [2.45, 2.75) is 121 Å². The van der Waals surface area contributed by atoms with Crippen LogP contribution in [0.25, 0.3) is 0 Å². The number of benzene rings is 3. The Balaban J connectivity index is 1.44. The van der Waals surface area contributed by atoms with E-state index < -0.39 is 59.3 Å². The third-order valence-electron chi connectivity index (χ3n) is 8.63. The summed E-state index contributed by atoms with van der Waals surface area (Å²) in [6.45, 7) is 15.1. The third kappa shape index (κ3) is 7.41. The first kappa shape index (κ1) is 34.7. The number of rotatable bonds is 12. The van der Waals surface area contributed by atoms with Crippen molar-refractivity contribution < 1.29 is 36.7 Å². The zero-order valence-corrected chi connectivity index (χ0v) is 28.9. The maximum atomic E-state index is 13.9. The molecular formula is C37H48O8S. The molecule has 1 N–H and O–H groups in total. The first-order chi connectivity index (χ1) is 21.7. The number of aliphatic hydroxyl groups excluding tert-OH is 1. The van der Waals surface area contributed by atoms with Gasteiger partial charge in [0.15, 0.2) is 12.1 Å². The summed E-state index contributed by atoms with van der Waals surface area (Å²) in [5, 5.41) is 11.5. The van der Waals surface area contributed by atoms with Gasteiger partial charge in [-0.15, -0.1) is 0 Å². The van der Waals surface area contributed by atoms with E-state index in [0.717, 1.165) is 16.7 Å². The fourth-order valence-corrected chi connectivity index (χ4v) is 7.83. The van der Waals surface area contributed by atoms with Crippen LogP contribution >= 0.6 is 0 Å². The van der Waals surface area contributed by atoms with Gasteiger partial charge in [0.05, 0.1) is 6.61 Å². The molecule has 5 rings (SSSR count). The van der Waals surface area contributed by atoms with Gasteiger partial charge in [0.25, 0.3) is 10.1 Å². The van der Waals surface area contributed by atoms with E-state index in [-0.39, 0.29) is 22.6 Å². The van der Waals surface area contributed by atoms with Gasteiger partial charge in [-0.05, 0) is 59.4 Å². The van der Waals surface area contributed by atoms with E-state index in [9.17, 15) is 13.5 Å². The van der Waals surface area contributed by atoms with Gasteiger partial charge < -0.3 is 24.1 Å². The van der Waals surface area contributed by atoms with Gasteiger partial charge in [-0.1, -0.05) is 114 Å². The lowest BCUT2D eigenvalue weighted by Crippen LogP contribution is -2.45. The molecule has 0 radical (unpaired) electrons. The molecule has 2 saturated heterocycles. The molecule has 46 heavy (non-hydrogen) atoms. The highest BCUT2D eigenvalue weighted by molar-refractivity contribution is 7.86. The van der Waals surface area contributed by atoms with Crippen molar-refractivity contribution in [3.05, 3.63) is 101 Å². The molecule has 3 aromatic carbocycles. The fourth-order valence-electron chi connectivity index (χ4n) is 6.22. The number of aliphatic hydroxyl groups is 1.